The summed E-state index contributed by atoms with van der Waals surface area (Å²) in [6.45, 7) is 2.09. The molecule has 0 amide bonds. The number of nitrogens with zero attached hydrogens (tertiary/aromatic N) is 2. The third-order valence-electron chi connectivity index (χ3n) is 3.66. The minimum atomic E-state index is 0.0369. The van der Waals surface area contributed by atoms with Gasteiger partial charge in [0.15, 0.2) is 0 Å². The molecule has 1 fully saturated rings. The maximum Gasteiger partial charge on any atom is 0.132 e. The fraction of sp³-hybridized carbons (Fsp3) is 0.176. The zero-order valence-electron chi connectivity index (χ0n) is 11.2. The van der Waals surface area contributed by atoms with Crippen molar-refractivity contribution >= 4 is 11.0 Å². The molecule has 0 spiro atoms. The van der Waals surface area contributed by atoms with Crippen molar-refractivity contribution in [2.45, 2.75) is 19.1 Å². The fourth-order valence-corrected chi connectivity index (χ4v) is 2.46. The van der Waals surface area contributed by atoms with Gasteiger partial charge >= 0.3 is 0 Å². The van der Waals surface area contributed by atoms with Gasteiger partial charge in [0.2, 0.25) is 0 Å². The van der Waals surface area contributed by atoms with Crippen molar-refractivity contribution in [1.82, 2.24) is 9.97 Å². The summed E-state index contributed by atoms with van der Waals surface area (Å²) in [4.78, 5) is 9.09. The van der Waals surface area contributed by atoms with Crippen LogP contribution in [0.15, 0.2) is 54.7 Å². The Bertz CT molecular complexity index is 767. The monoisotopic (exact) mass is 262 g/mol. The highest BCUT2D eigenvalue weighted by Crippen LogP contribution is 2.50. The van der Waals surface area contributed by atoms with E-state index < -0.39 is 0 Å². The predicted octanol–water partition coefficient (Wildman–Crippen LogP) is 3.75. The first-order valence-corrected chi connectivity index (χ1v) is 6.75. The van der Waals surface area contributed by atoms with Crippen LogP contribution in [-0.2, 0) is 4.74 Å². The highest BCUT2D eigenvalue weighted by atomic mass is 16.6. The van der Waals surface area contributed by atoms with Crippen molar-refractivity contribution < 1.29 is 4.74 Å². The molecule has 0 N–H and O–H groups in total. The van der Waals surface area contributed by atoms with Crippen LogP contribution in [-0.4, -0.2) is 9.97 Å². The standard InChI is InChI=1S/C17H14N2O/c1-11-6-8-12(9-7-11)16-17(20-16)15-10-18-13-4-2-3-5-14(13)19-15/h2-10,16-17H,1H3/t16-,17+/m0/s1. The van der Waals surface area contributed by atoms with Gasteiger partial charge in [0.05, 0.1) is 22.9 Å². The Hall–Kier alpha value is -2.26. The van der Waals surface area contributed by atoms with Crippen molar-refractivity contribution in [1.29, 1.82) is 0 Å². The Morgan fingerprint density at radius 1 is 0.900 bits per heavy atom. The Kier molecular flexibility index (Phi) is 2.54. The number of para-hydroxylation sites is 2. The molecule has 0 saturated carbocycles. The number of rotatable bonds is 2. The number of hydrogen-bond acceptors (Lipinski definition) is 3. The number of epoxide rings is 1. The van der Waals surface area contributed by atoms with Crippen LogP contribution < -0.4 is 0 Å². The fourth-order valence-electron chi connectivity index (χ4n) is 2.46. The highest BCUT2D eigenvalue weighted by Gasteiger charge is 2.42. The number of hydrogen-bond donors (Lipinski definition) is 0. The van der Waals surface area contributed by atoms with Crippen molar-refractivity contribution in [3.63, 3.8) is 0 Å². The van der Waals surface area contributed by atoms with Crippen molar-refractivity contribution in [2.75, 3.05) is 0 Å². The number of fused-ring (bicyclic) bond motifs is 1. The van der Waals surface area contributed by atoms with Crippen LogP contribution >= 0.6 is 0 Å². The van der Waals surface area contributed by atoms with E-state index in [0.29, 0.717) is 0 Å². The maximum absolute atomic E-state index is 5.78. The van der Waals surface area contributed by atoms with E-state index in [2.05, 4.69) is 41.2 Å². The summed E-state index contributed by atoms with van der Waals surface area (Å²) >= 11 is 0. The van der Waals surface area contributed by atoms with Gasteiger partial charge in [-0.25, -0.2) is 4.98 Å². The minimum absolute atomic E-state index is 0.0369. The highest BCUT2D eigenvalue weighted by molar-refractivity contribution is 5.73. The SMILES string of the molecule is Cc1ccc([C@@H]2O[C@@H]2c2cnc3ccccc3n2)cc1. The third kappa shape index (κ3) is 1.96. The van der Waals surface area contributed by atoms with Crippen LogP contribution in [0.25, 0.3) is 11.0 Å². The Morgan fingerprint density at radius 3 is 2.45 bits per heavy atom. The van der Waals surface area contributed by atoms with Crippen LogP contribution in [0.5, 0.6) is 0 Å². The van der Waals surface area contributed by atoms with E-state index in [0.717, 1.165) is 16.7 Å². The molecule has 1 aliphatic heterocycles. The van der Waals surface area contributed by atoms with Crippen molar-refractivity contribution in [3.8, 4) is 0 Å². The lowest BCUT2D eigenvalue weighted by molar-refractivity contribution is 0.375. The van der Waals surface area contributed by atoms with E-state index in [1.54, 1.807) is 0 Å². The normalized spacial score (nSPS) is 21.1. The molecule has 98 valence electrons. The lowest BCUT2D eigenvalue weighted by Crippen LogP contribution is -1.92. The lowest BCUT2D eigenvalue weighted by atomic mass is 10.1. The molecular weight excluding hydrogens is 248 g/mol. The third-order valence-corrected chi connectivity index (χ3v) is 3.66. The number of benzene rings is 2. The van der Waals surface area contributed by atoms with Gasteiger partial charge in [-0.1, -0.05) is 42.0 Å². The van der Waals surface area contributed by atoms with Gasteiger partial charge in [-0.2, -0.15) is 0 Å². The Morgan fingerprint density at radius 2 is 1.65 bits per heavy atom. The van der Waals surface area contributed by atoms with Gasteiger partial charge < -0.3 is 4.74 Å². The lowest BCUT2D eigenvalue weighted by Gasteiger charge is -2.00. The van der Waals surface area contributed by atoms with Gasteiger partial charge in [-0.3, -0.25) is 4.98 Å². The average molecular weight is 262 g/mol. The molecule has 0 unspecified atom stereocenters. The van der Waals surface area contributed by atoms with E-state index >= 15 is 0 Å². The second-order valence-electron chi connectivity index (χ2n) is 5.17. The molecule has 0 radical (unpaired) electrons. The molecule has 2 aromatic carbocycles. The molecule has 3 nitrogen and oxygen atoms in total. The van der Waals surface area contributed by atoms with Crippen LogP contribution in [0.4, 0.5) is 0 Å². The van der Waals surface area contributed by atoms with Gasteiger partial charge in [0.1, 0.15) is 12.2 Å². The molecule has 1 saturated heterocycles. The van der Waals surface area contributed by atoms with E-state index in [-0.39, 0.29) is 12.2 Å². The zero-order chi connectivity index (χ0) is 13.5. The van der Waals surface area contributed by atoms with Gasteiger partial charge in [0.25, 0.3) is 0 Å². The zero-order valence-corrected chi connectivity index (χ0v) is 11.2. The number of ether oxygens (including phenoxy) is 1. The van der Waals surface area contributed by atoms with Gasteiger partial charge in [0, 0.05) is 0 Å². The van der Waals surface area contributed by atoms with Crippen molar-refractivity contribution in [3.05, 3.63) is 71.5 Å². The molecule has 3 aromatic rings. The second kappa shape index (κ2) is 4.39. The second-order valence-corrected chi connectivity index (χ2v) is 5.17. The summed E-state index contributed by atoms with van der Waals surface area (Å²) in [5.41, 5.74) is 5.22. The van der Waals surface area contributed by atoms with Gasteiger partial charge in [-0.15, -0.1) is 0 Å². The molecule has 4 rings (SSSR count). The van der Waals surface area contributed by atoms with Crippen LogP contribution in [0, 0.1) is 6.92 Å². The Balaban J connectivity index is 1.63. The smallest absolute Gasteiger partial charge is 0.132 e. The Labute approximate surface area is 117 Å². The van der Waals surface area contributed by atoms with Crippen molar-refractivity contribution in [2.24, 2.45) is 0 Å². The molecule has 20 heavy (non-hydrogen) atoms. The first-order valence-electron chi connectivity index (χ1n) is 6.75. The molecule has 2 heterocycles. The summed E-state index contributed by atoms with van der Waals surface area (Å²) in [7, 11) is 0. The number of aromatic nitrogens is 2. The molecule has 2 atom stereocenters. The first kappa shape index (κ1) is 11.6. The summed E-state index contributed by atoms with van der Waals surface area (Å²) in [6.07, 6.45) is 1.97. The summed E-state index contributed by atoms with van der Waals surface area (Å²) in [5, 5.41) is 0. The summed E-state index contributed by atoms with van der Waals surface area (Å²) < 4.78 is 5.78. The van der Waals surface area contributed by atoms with E-state index in [4.69, 9.17) is 4.74 Å². The molecule has 1 aromatic heterocycles. The quantitative estimate of drug-likeness (QED) is 0.660. The average Bonchev–Trinajstić information content (AvgIpc) is 3.28. The van der Waals surface area contributed by atoms with E-state index in [1.807, 2.05) is 30.5 Å². The molecule has 3 heteroatoms. The summed E-state index contributed by atoms with van der Waals surface area (Å²) in [6, 6.07) is 16.4. The minimum Gasteiger partial charge on any atom is -0.358 e. The number of aryl methyl sites for hydroxylation is 1. The van der Waals surface area contributed by atoms with E-state index in [9.17, 15) is 0 Å². The topological polar surface area (TPSA) is 38.3 Å². The molecule has 0 aliphatic carbocycles. The first-order chi connectivity index (χ1) is 9.81. The summed E-state index contributed by atoms with van der Waals surface area (Å²) in [5.74, 6) is 0. The molecule has 1 aliphatic rings. The van der Waals surface area contributed by atoms with E-state index in [1.165, 1.54) is 11.1 Å². The van der Waals surface area contributed by atoms with Gasteiger partial charge in [-0.05, 0) is 24.6 Å². The molecular formula is C17H14N2O. The largest absolute Gasteiger partial charge is 0.358 e. The predicted molar refractivity (Wildman–Crippen MR) is 77.3 cm³/mol. The molecule has 0 bridgehead atoms. The maximum atomic E-state index is 5.78. The van der Waals surface area contributed by atoms with Crippen LogP contribution in [0.3, 0.4) is 0 Å². The van der Waals surface area contributed by atoms with Crippen LogP contribution in [0.1, 0.15) is 29.0 Å². The van der Waals surface area contributed by atoms with Crippen LogP contribution in [0.2, 0.25) is 0 Å².